The molecule has 1 aliphatic heterocycles. The van der Waals surface area contributed by atoms with Crippen molar-refractivity contribution in [2.75, 3.05) is 45.9 Å². The van der Waals surface area contributed by atoms with E-state index in [0.717, 1.165) is 0 Å². The van der Waals surface area contributed by atoms with Gasteiger partial charge in [0.05, 0.1) is 6.61 Å². The van der Waals surface area contributed by atoms with Crippen molar-refractivity contribution in [1.29, 1.82) is 0 Å². The molecule has 0 radical (unpaired) electrons. The number of carbonyl (C=O) groups excluding carboxylic acids is 1. The van der Waals surface area contributed by atoms with E-state index in [0.29, 0.717) is 64.7 Å². The summed E-state index contributed by atoms with van der Waals surface area (Å²) < 4.78 is 43.3. The minimum absolute atomic E-state index is 0. The summed E-state index contributed by atoms with van der Waals surface area (Å²) in [5, 5.41) is 3.16. The third-order valence-corrected chi connectivity index (χ3v) is 4.08. The number of hydrogen-bond acceptors (Lipinski definition) is 4. The molecule has 0 saturated carbocycles. The van der Waals surface area contributed by atoms with Gasteiger partial charge < -0.3 is 15.0 Å². The van der Waals surface area contributed by atoms with Gasteiger partial charge >= 0.3 is 12.1 Å². The van der Waals surface area contributed by atoms with Crippen LogP contribution in [0.4, 0.5) is 13.2 Å². The number of nitrogens with one attached hydrogen (secondary N) is 1. The summed E-state index contributed by atoms with van der Waals surface area (Å²) in [6.07, 6.45) is -3.31. The van der Waals surface area contributed by atoms with E-state index in [1.54, 1.807) is 6.92 Å². The number of hydrogen-bond donors (Lipinski definition) is 1. The first-order chi connectivity index (χ1) is 11.8. The molecular formula is C16H30F3IN4O2. The van der Waals surface area contributed by atoms with E-state index in [-0.39, 0.29) is 29.9 Å². The minimum atomic E-state index is -4.20. The van der Waals surface area contributed by atoms with Gasteiger partial charge in [0.2, 0.25) is 0 Å². The number of piperazine rings is 1. The van der Waals surface area contributed by atoms with Crippen molar-refractivity contribution < 1.29 is 22.7 Å². The molecule has 0 amide bonds. The number of halogens is 4. The van der Waals surface area contributed by atoms with Crippen LogP contribution in [0.5, 0.6) is 0 Å². The standard InChI is InChI=1S/C16H29F3N4O2.HI/c1-4-20-15(21-8-6-7-14(24)25-5-2)23-11-9-22(10-12-23)13(3)16(17,18)19;/h13H,4-12H2,1-3H3,(H,20,21);1H. The van der Waals surface area contributed by atoms with E-state index in [4.69, 9.17) is 4.74 Å². The highest BCUT2D eigenvalue weighted by atomic mass is 127. The van der Waals surface area contributed by atoms with E-state index in [9.17, 15) is 18.0 Å². The predicted molar refractivity (Wildman–Crippen MR) is 106 cm³/mol. The van der Waals surface area contributed by atoms with Crippen molar-refractivity contribution in [3.63, 3.8) is 0 Å². The van der Waals surface area contributed by atoms with Crippen molar-refractivity contribution in [2.45, 2.75) is 45.8 Å². The fourth-order valence-corrected chi connectivity index (χ4v) is 2.60. The van der Waals surface area contributed by atoms with Crippen LogP contribution in [0.15, 0.2) is 4.99 Å². The molecule has 154 valence electrons. The molecule has 0 spiro atoms. The number of guanidine groups is 1. The van der Waals surface area contributed by atoms with E-state index in [1.165, 1.54) is 11.8 Å². The summed E-state index contributed by atoms with van der Waals surface area (Å²) in [5.74, 6) is 0.447. The van der Waals surface area contributed by atoms with Gasteiger partial charge in [0.1, 0.15) is 6.04 Å². The molecule has 1 rings (SSSR count). The zero-order valence-corrected chi connectivity index (χ0v) is 18.0. The highest BCUT2D eigenvalue weighted by Gasteiger charge is 2.41. The van der Waals surface area contributed by atoms with Gasteiger partial charge in [-0.1, -0.05) is 0 Å². The second-order valence-electron chi connectivity index (χ2n) is 5.88. The Morgan fingerprint density at radius 2 is 1.85 bits per heavy atom. The Labute approximate surface area is 170 Å². The van der Waals surface area contributed by atoms with Gasteiger partial charge in [-0.05, 0) is 27.2 Å². The summed E-state index contributed by atoms with van der Waals surface area (Å²) in [4.78, 5) is 19.2. The van der Waals surface area contributed by atoms with Crippen LogP contribution in [0.25, 0.3) is 0 Å². The maximum Gasteiger partial charge on any atom is 0.403 e. The average Bonchev–Trinajstić information content (AvgIpc) is 2.56. The normalized spacial score (nSPS) is 17.5. The molecule has 1 aliphatic rings. The summed E-state index contributed by atoms with van der Waals surface area (Å²) in [6.45, 7) is 8.08. The van der Waals surface area contributed by atoms with Crippen LogP contribution in [-0.2, 0) is 9.53 Å². The molecule has 1 atom stereocenters. The van der Waals surface area contributed by atoms with Crippen LogP contribution in [0, 0.1) is 0 Å². The SMILES string of the molecule is CCNC(=NCCCC(=O)OCC)N1CCN(C(C)C(F)(F)F)CC1.I. The molecule has 1 saturated heterocycles. The van der Waals surface area contributed by atoms with Gasteiger partial charge in [-0.15, -0.1) is 24.0 Å². The lowest BCUT2D eigenvalue weighted by Gasteiger charge is -2.39. The maximum atomic E-state index is 12.8. The largest absolute Gasteiger partial charge is 0.466 e. The summed E-state index contributed by atoms with van der Waals surface area (Å²) >= 11 is 0. The molecule has 1 heterocycles. The van der Waals surface area contributed by atoms with Gasteiger partial charge in [-0.25, -0.2) is 0 Å². The number of nitrogens with zero attached hydrogens (tertiary/aromatic N) is 3. The van der Waals surface area contributed by atoms with E-state index < -0.39 is 12.2 Å². The predicted octanol–water partition coefficient (Wildman–Crippen LogP) is 2.48. The van der Waals surface area contributed by atoms with Crippen LogP contribution < -0.4 is 5.32 Å². The molecule has 0 aromatic carbocycles. The first-order valence-corrected chi connectivity index (χ1v) is 8.79. The van der Waals surface area contributed by atoms with Crippen molar-refractivity contribution in [2.24, 2.45) is 4.99 Å². The van der Waals surface area contributed by atoms with Crippen LogP contribution in [-0.4, -0.2) is 79.8 Å². The fraction of sp³-hybridized carbons (Fsp3) is 0.875. The number of rotatable bonds is 7. The third kappa shape index (κ3) is 8.74. The van der Waals surface area contributed by atoms with Crippen molar-refractivity contribution in [1.82, 2.24) is 15.1 Å². The van der Waals surface area contributed by atoms with Crippen molar-refractivity contribution >= 4 is 35.9 Å². The van der Waals surface area contributed by atoms with Gasteiger partial charge in [0.15, 0.2) is 5.96 Å². The van der Waals surface area contributed by atoms with E-state index >= 15 is 0 Å². The zero-order valence-electron chi connectivity index (χ0n) is 15.6. The molecule has 1 N–H and O–H groups in total. The first kappa shape index (κ1) is 25.2. The summed E-state index contributed by atoms with van der Waals surface area (Å²) in [5.41, 5.74) is 0. The lowest BCUT2D eigenvalue weighted by Crippen LogP contribution is -2.56. The molecule has 1 fully saturated rings. The lowest BCUT2D eigenvalue weighted by molar-refractivity contribution is -0.181. The monoisotopic (exact) mass is 494 g/mol. The van der Waals surface area contributed by atoms with Crippen LogP contribution in [0.1, 0.15) is 33.6 Å². The van der Waals surface area contributed by atoms with Crippen LogP contribution in [0.3, 0.4) is 0 Å². The molecule has 0 aromatic heterocycles. The Morgan fingerprint density at radius 3 is 2.35 bits per heavy atom. The molecular weight excluding hydrogens is 464 g/mol. The fourth-order valence-electron chi connectivity index (χ4n) is 2.60. The van der Waals surface area contributed by atoms with Crippen molar-refractivity contribution in [3.05, 3.63) is 0 Å². The van der Waals surface area contributed by atoms with E-state index in [2.05, 4.69) is 10.3 Å². The highest BCUT2D eigenvalue weighted by molar-refractivity contribution is 14.0. The van der Waals surface area contributed by atoms with Gasteiger partial charge in [-0.3, -0.25) is 14.7 Å². The van der Waals surface area contributed by atoms with Gasteiger partial charge in [-0.2, -0.15) is 13.2 Å². The zero-order chi connectivity index (χ0) is 18.9. The topological polar surface area (TPSA) is 57.2 Å². The quantitative estimate of drug-likeness (QED) is 0.194. The third-order valence-electron chi connectivity index (χ3n) is 4.08. The maximum absolute atomic E-state index is 12.8. The summed E-state index contributed by atoms with van der Waals surface area (Å²) in [6, 6.07) is -1.43. The molecule has 1 unspecified atom stereocenters. The van der Waals surface area contributed by atoms with Gasteiger partial charge in [0.25, 0.3) is 0 Å². The molecule has 10 heteroatoms. The summed E-state index contributed by atoms with van der Waals surface area (Å²) in [7, 11) is 0. The Kier molecular flexibility index (Phi) is 12.2. The number of carbonyl (C=O) groups is 1. The minimum Gasteiger partial charge on any atom is -0.466 e. The Morgan fingerprint density at radius 1 is 1.23 bits per heavy atom. The second-order valence-corrected chi connectivity index (χ2v) is 5.88. The second kappa shape index (κ2) is 12.6. The Balaban J connectivity index is 0.00000625. The van der Waals surface area contributed by atoms with Crippen LogP contribution in [0.2, 0.25) is 0 Å². The Bertz CT molecular complexity index is 442. The lowest BCUT2D eigenvalue weighted by atomic mass is 10.2. The molecule has 26 heavy (non-hydrogen) atoms. The molecule has 0 aromatic rings. The number of ether oxygens (including phenoxy) is 1. The van der Waals surface area contributed by atoms with E-state index in [1.807, 2.05) is 11.8 Å². The number of aliphatic imine (C=N–C) groups is 1. The Hall–Kier alpha value is -0.780. The van der Waals surface area contributed by atoms with Gasteiger partial charge in [0, 0.05) is 45.7 Å². The number of esters is 1. The number of alkyl halides is 3. The average molecular weight is 494 g/mol. The molecule has 0 bridgehead atoms. The highest BCUT2D eigenvalue weighted by Crippen LogP contribution is 2.25. The molecule has 0 aliphatic carbocycles. The first-order valence-electron chi connectivity index (χ1n) is 8.79. The smallest absolute Gasteiger partial charge is 0.403 e. The van der Waals surface area contributed by atoms with Crippen molar-refractivity contribution in [3.8, 4) is 0 Å². The van der Waals surface area contributed by atoms with Crippen LogP contribution >= 0.6 is 24.0 Å². The molecule has 6 nitrogen and oxygen atoms in total.